The van der Waals surface area contributed by atoms with Gasteiger partial charge in [0.25, 0.3) is 0 Å². The lowest BCUT2D eigenvalue weighted by molar-refractivity contribution is 0.288. The van der Waals surface area contributed by atoms with Gasteiger partial charge in [-0.3, -0.25) is 0 Å². The molecular weight excluding hydrogens is 280 g/mol. The maximum atomic E-state index is 8.84. The molecule has 2 aromatic rings. The largest absolute Gasteiger partial charge is 0.396 e. The van der Waals surface area contributed by atoms with Crippen molar-refractivity contribution >= 4 is 15.9 Å². The van der Waals surface area contributed by atoms with Crippen LogP contribution in [0.2, 0.25) is 0 Å². The van der Waals surface area contributed by atoms with Crippen molar-refractivity contribution < 1.29 is 5.11 Å². The summed E-state index contributed by atoms with van der Waals surface area (Å²) in [5.74, 6) is 0. The highest BCUT2D eigenvalue weighted by Crippen LogP contribution is 2.17. The van der Waals surface area contributed by atoms with Crippen molar-refractivity contribution in [2.45, 2.75) is 19.8 Å². The van der Waals surface area contributed by atoms with Crippen LogP contribution in [-0.4, -0.2) is 21.5 Å². The smallest absolute Gasteiger partial charge is 0.0649 e. The lowest BCUT2D eigenvalue weighted by Crippen LogP contribution is -1.99. The summed E-state index contributed by atoms with van der Waals surface area (Å²) >= 11 is 3.42. The van der Waals surface area contributed by atoms with E-state index in [0.29, 0.717) is 0 Å². The second-order valence-electron chi connectivity index (χ2n) is 3.97. The number of nitrogens with zero attached hydrogens (tertiary/aromatic N) is 2. The third-order valence-corrected chi connectivity index (χ3v) is 3.32. The van der Waals surface area contributed by atoms with Crippen molar-refractivity contribution in [2.75, 3.05) is 6.61 Å². The second kappa shape index (κ2) is 5.47. The van der Waals surface area contributed by atoms with Gasteiger partial charge in [-0.2, -0.15) is 5.10 Å². The van der Waals surface area contributed by atoms with E-state index in [-0.39, 0.29) is 6.61 Å². The third kappa shape index (κ3) is 2.76. The molecule has 0 amide bonds. The summed E-state index contributed by atoms with van der Waals surface area (Å²) in [4.78, 5) is 0. The van der Waals surface area contributed by atoms with Gasteiger partial charge in [0.2, 0.25) is 0 Å². The molecule has 0 aliphatic carbocycles. The number of rotatable bonds is 4. The van der Waals surface area contributed by atoms with Crippen LogP contribution in [0.4, 0.5) is 0 Å². The Labute approximate surface area is 109 Å². The summed E-state index contributed by atoms with van der Waals surface area (Å²) in [6.45, 7) is 2.28. The highest BCUT2D eigenvalue weighted by atomic mass is 79.9. The van der Waals surface area contributed by atoms with Crippen molar-refractivity contribution in [3.05, 3.63) is 46.2 Å². The first-order valence-corrected chi connectivity index (χ1v) is 6.42. The topological polar surface area (TPSA) is 38.1 Å². The lowest BCUT2D eigenvalue weighted by atomic mass is 10.1. The SMILES string of the molecule is Cc1c(CCCO)cnn1-c1ccc(Br)cc1. The monoisotopic (exact) mass is 294 g/mol. The number of aliphatic hydroxyl groups excluding tert-OH is 1. The average Bonchev–Trinajstić information content (AvgIpc) is 2.69. The summed E-state index contributed by atoms with van der Waals surface area (Å²) in [5, 5.41) is 13.2. The molecule has 1 aromatic heterocycles. The molecule has 0 saturated carbocycles. The molecule has 0 atom stereocenters. The summed E-state index contributed by atoms with van der Waals surface area (Å²) in [7, 11) is 0. The molecule has 0 bridgehead atoms. The van der Waals surface area contributed by atoms with Crippen LogP contribution < -0.4 is 0 Å². The second-order valence-corrected chi connectivity index (χ2v) is 4.89. The Hall–Kier alpha value is -1.13. The fraction of sp³-hybridized carbons (Fsp3) is 0.308. The van der Waals surface area contributed by atoms with Gasteiger partial charge < -0.3 is 5.11 Å². The number of hydrogen-bond acceptors (Lipinski definition) is 2. The van der Waals surface area contributed by atoms with Gasteiger partial charge >= 0.3 is 0 Å². The molecular formula is C13H15BrN2O. The minimum Gasteiger partial charge on any atom is -0.396 e. The molecule has 0 unspecified atom stereocenters. The Morgan fingerprint density at radius 1 is 1.29 bits per heavy atom. The summed E-state index contributed by atoms with van der Waals surface area (Å²) < 4.78 is 2.99. The Bertz CT molecular complexity index is 491. The summed E-state index contributed by atoms with van der Waals surface area (Å²) in [6.07, 6.45) is 3.54. The molecule has 1 heterocycles. The Morgan fingerprint density at radius 2 is 2.00 bits per heavy atom. The number of aliphatic hydroxyl groups is 1. The molecule has 90 valence electrons. The van der Waals surface area contributed by atoms with Gasteiger partial charge in [0, 0.05) is 16.8 Å². The van der Waals surface area contributed by atoms with Crippen LogP contribution >= 0.6 is 15.9 Å². The maximum absolute atomic E-state index is 8.84. The normalized spacial score (nSPS) is 10.8. The van der Waals surface area contributed by atoms with E-state index in [0.717, 1.165) is 28.7 Å². The fourth-order valence-electron chi connectivity index (χ4n) is 1.80. The molecule has 0 fully saturated rings. The highest BCUT2D eigenvalue weighted by Gasteiger charge is 2.07. The van der Waals surface area contributed by atoms with E-state index in [1.165, 1.54) is 5.56 Å². The van der Waals surface area contributed by atoms with E-state index >= 15 is 0 Å². The van der Waals surface area contributed by atoms with Gasteiger partial charge in [-0.25, -0.2) is 4.68 Å². The molecule has 17 heavy (non-hydrogen) atoms. The minimum absolute atomic E-state index is 0.225. The Morgan fingerprint density at radius 3 is 2.65 bits per heavy atom. The van der Waals surface area contributed by atoms with Crippen LogP contribution in [0.1, 0.15) is 17.7 Å². The van der Waals surface area contributed by atoms with E-state index in [2.05, 4.69) is 28.0 Å². The minimum atomic E-state index is 0.225. The van der Waals surface area contributed by atoms with Gasteiger partial charge in [0.1, 0.15) is 0 Å². The van der Waals surface area contributed by atoms with Crippen LogP contribution in [0, 0.1) is 6.92 Å². The molecule has 0 radical (unpaired) electrons. The van der Waals surface area contributed by atoms with Crippen LogP contribution in [-0.2, 0) is 6.42 Å². The van der Waals surface area contributed by atoms with Crippen LogP contribution in [0.15, 0.2) is 34.9 Å². The lowest BCUT2D eigenvalue weighted by Gasteiger charge is -2.05. The van der Waals surface area contributed by atoms with Crippen LogP contribution in [0.3, 0.4) is 0 Å². The third-order valence-electron chi connectivity index (χ3n) is 2.79. The van der Waals surface area contributed by atoms with Crippen molar-refractivity contribution in [1.82, 2.24) is 9.78 Å². The number of aryl methyl sites for hydroxylation is 1. The zero-order valence-corrected chi connectivity index (χ0v) is 11.3. The zero-order valence-electron chi connectivity index (χ0n) is 9.73. The molecule has 1 N–H and O–H groups in total. The molecule has 4 heteroatoms. The number of benzene rings is 1. The van der Waals surface area contributed by atoms with Gasteiger partial charge in [-0.1, -0.05) is 15.9 Å². The van der Waals surface area contributed by atoms with E-state index in [9.17, 15) is 0 Å². The number of aromatic nitrogens is 2. The Balaban J connectivity index is 2.27. The van der Waals surface area contributed by atoms with Crippen molar-refractivity contribution in [1.29, 1.82) is 0 Å². The van der Waals surface area contributed by atoms with Crippen LogP contribution in [0.25, 0.3) is 5.69 Å². The predicted molar refractivity (Wildman–Crippen MR) is 71.4 cm³/mol. The van der Waals surface area contributed by atoms with Crippen molar-refractivity contribution in [3.8, 4) is 5.69 Å². The molecule has 0 spiro atoms. The number of hydrogen-bond donors (Lipinski definition) is 1. The first-order chi connectivity index (χ1) is 8.22. The predicted octanol–water partition coefficient (Wildman–Crippen LogP) is 2.87. The fourth-order valence-corrected chi connectivity index (χ4v) is 2.07. The summed E-state index contributed by atoms with van der Waals surface area (Å²) in [6, 6.07) is 8.06. The maximum Gasteiger partial charge on any atom is 0.0649 e. The molecule has 0 aliphatic rings. The van der Waals surface area contributed by atoms with Gasteiger partial charge in [0.15, 0.2) is 0 Å². The molecule has 0 aliphatic heterocycles. The van der Waals surface area contributed by atoms with Crippen LogP contribution in [0.5, 0.6) is 0 Å². The van der Waals surface area contributed by atoms with E-state index < -0.39 is 0 Å². The van der Waals surface area contributed by atoms with E-state index in [4.69, 9.17) is 5.11 Å². The van der Waals surface area contributed by atoms with Crippen molar-refractivity contribution in [3.63, 3.8) is 0 Å². The van der Waals surface area contributed by atoms with Crippen molar-refractivity contribution in [2.24, 2.45) is 0 Å². The quantitative estimate of drug-likeness (QED) is 0.942. The molecule has 3 nitrogen and oxygen atoms in total. The first-order valence-electron chi connectivity index (χ1n) is 5.62. The molecule has 0 saturated heterocycles. The zero-order chi connectivity index (χ0) is 12.3. The van der Waals surface area contributed by atoms with Gasteiger partial charge in [0.05, 0.1) is 11.9 Å². The molecule has 2 rings (SSSR count). The standard InChI is InChI=1S/C13H15BrN2O/c1-10-11(3-2-8-17)9-15-16(10)13-6-4-12(14)5-7-13/h4-7,9,17H,2-3,8H2,1H3. The molecule has 1 aromatic carbocycles. The highest BCUT2D eigenvalue weighted by molar-refractivity contribution is 9.10. The van der Waals surface area contributed by atoms with E-state index in [1.54, 1.807) is 0 Å². The summed E-state index contributed by atoms with van der Waals surface area (Å²) in [5.41, 5.74) is 3.39. The first kappa shape index (κ1) is 12.3. The van der Waals surface area contributed by atoms with Gasteiger partial charge in [-0.05, 0) is 49.6 Å². The Kier molecular flexibility index (Phi) is 3.97. The van der Waals surface area contributed by atoms with Gasteiger partial charge in [-0.15, -0.1) is 0 Å². The average molecular weight is 295 g/mol. The van der Waals surface area contributed by atoms with E-state index in [1.807, 2.05) is 35.1 Å². The number of halogens is 1.